The van der Waals surface area contributed by atoms with E-state index in [1.54, 1.807) is 11.8 Å². The lowest BCUT2D eigenvalue weighted by Gasteiger charge is -2.13. The van der Waals surface area contributed by atoms with E-state index in [-0.39, 0.29) is 5.41 Å². The van der Waals surface area contributed by atoms with Crippen molar-refractivity contribution < 1.29 is 0 Å². The molecular weight excluding hydrogens is 256 g/mol. The summed E-state index contributed by atoms with van der Waals surface area (Å²) in [6, 6.07) is 8.23. The first-order valence-electron chi connectivity index (χ1n) is 6.46. The summed E-state index contributed by atoms with van der Waals surface area (Å²) in [5.41, 5.74) is 0.683. The molecule has 0 amide bonds. The first-order chi connectivity index (χ1) is 9.12. The van der Waals surface area contributed by atoms with Crippen molar-refractivity contribution in [3.8, 4) is 6.07 Å². The first kappa shape index (κ1) is 13.9. The maximum absolute atomic E-state index is 8.94. The van der Waals surface area contributed by atoms with Gasteiger partial charge in [-0.1, -0.05) is 24.2 Å². The maximum Gasteiger partial charge on any atom is 0.195 e. The van der Waals surface area contributed by atoms with Crippen molar-refractivity contribution in [2.75, 3.05) is 5.75 Å². The Bertz CT molecular complexity index is 582. The Labute approximate surface area is 117 Å². The zero-order valence-electron chi connectivity index (χ0n) is 11.3. The molecule has 0 spiro atoms. The summed E-state index contributed by atoms with van der Waals surface area (Å²) >= 11 is 1.72. The molecule has 0 saturated carbocycles. The van der Waals surface area contributed by atoms with Gasteiger partial charge in [-0.3, -0.25) is 4.40 Å². The Kier molecular flexibility index (Phi) is 4.43. The SMILES string of the molecule is CC(C)(C#N)CCCCSc1nnc2ccccn12. The van der Waals surface area contributed by atoms with Crippen molar-refractivity contribution in [3.05, 3.63) is 24.4 Å². The van der Waals surface area contributed by atoms with Gasteiger partial charge in [-0.15, -0.1) is 10.2 Å². The largest absolute Gasteiger partial charge is 0.277 e. The van der Waals surface area contributed by atoms with Gasteiger partial charge in [0, 0.05) is 11.9 Å². The van der Waals surface area contributed by atoms with Gasteiger partial charge in [-0.05, 0) is 38.8 Å². The number of thioether (sulfide) groups is 1. The zero-order chi connectivity index (χ0) is 13.7. The van der Waals surface area contributed by atoms with Gasteiger partial charge < -0.3 is 0 Å². The van der Waals surface area contributed by atoms with Crippen LogP contribution in [0.5, 0.6) is 0 Å². The fourth-order valence-corrected chi connectivity index (χ4v) is 2.73. The molecule has 0 atom stereocenters. The number of hydrogen-bond acceptors (Lipinski definition) is 4. The second kappa shape index (κ2) is 6.07. The second-order valence-electron chi connectivity index (χ2n) is 5.21. The standard InChI is InChI=1S/C14H18N4S/c1-14(2,11-15)8-4-6-10-19-13-17-16-12-7-3-5-9-18(12)13/h3,5,7,9H,4,6,8,10H2,1-2H3. The number of aromatic nitrogens is 3. The normalized spacial score (nSPS) is 11.6. The Morgan fingerprint density at radius 2 is 2.16 bits per heavy atom. The fourth-order valence-electron chi connectivity index (χ4n) is 1.81. The summed E-state index contributed by atoms with van der Waals surface area (Å²) in [4.78, 5) is 0. The van der Waals surface area contributed by atoms with Gasteiger partial charge in [0.25, 0.3) is 0 Å². The van der Waals surface area contributed by atoms with Crippen LogP contribution >= 0.6 is 11.8 Å². The van der Waals surface area contributed by atoms with Crippen molar-refractivity contribution in [3.63, 3.8) is 0 Å². The first-order valence-corrected chi connectivity index (χ1v) is 7.45. The number of rotatable bonds is 6. The maximum atomic E-state index is 8.94. The third kappa shape index (κ3) is 3.71. The van der Waals surface area contributed by atoms with Gasteiger partial charge in [0.2, 0.25) is 0 Å². The van der Waals surface area contributed by atoms with Crippen LogP contribution in [0.3, 0.4) is 0 Å². The molecule has 2 heterocycles. The van der Waals surface area contributed by atoms with Crippen molar-refractivity contribution in [2.45, 2.75) is 38.3 Å². The predicted molar refractivity (Wildman–Crippen MR) is 77.0 cm³/mol. The summed E-state index contributed by atoms with van der Waals surface area (Å²) in [5.74, 6) is 1.01. The molecule has 5 heteroatoms. The number of pyridine rings is 1. The highest BCUT2D eigenvalue weighted by Gasteiger charge is 2.15. The third-order valence-corrected chi connectivity index (χ3v) is 4.04. The molecule has 0 aliphatic rings. The Hall–Kier alpha value is -1.54. The lowest BCUT2D eigenvalue weighted by Crippen LogP contribution is -2.07. The minimum atomic E-state index is -0.202. The molecule has 0 fully saturated rings. The van der Waals surface area contributed by atoms with Crippen LogP contribution in [0, 0.1) is 16.7 Å². The summed E-state index contributed by atoms with van der Waals surface area (Å²) in [6.07, 6.45) is 5.10. The summed E-state index contributed by atoms with van der Waals surface area (Å²) in [5, 5.41) is 18.2. The van der Waals surface area contributed by atoms with E-state index in [0.29, 0.717) is 0 Å². The van der Waals surface area contributed by atoms with Crippen LogP contribution in [0.25, 0.3) is 5.65 Å². The molecule has 19 heavy (non-hydrogen) atoms. The average molecular weight is 274 g/mol. The van der Waals surface area contributed by atoms with Crippen LogP contribution in [0.1, 0.15) is 33.1 Å². The summed E-state index contributed by atoms with van der Waals surface area (Å²) in [6.45, 7) is 3.98. The molecule has 0 N–H and O–H groups in total. The molecule has 100 valence electrons. The highest BCUT2D eigenvalue weighted by Crippen LogP contribution is 2.24. The molecule has 0 saturated heterocycles. The zero-order valence-corrected chi connectivity index (χ0v) is 12.2. The van der Waals surface area contributed by atoms with Gasteiger partial charge in [0.05, 0.1) is 11.5 Å². The third-order valence-electron chi connectivity index (χ3n) is 3.01. The summed E-state index contributed by atoms with van der Waals surface area (Å²) < 4.78 is 2.00. The quantitative estimate of drug-likeness (QED) is 0.597. The van der Waals surface area contributed by atoms with E-state index in [1.165, 1.54) is 0 Å². The Morgan fingerprint density at radius 1 is 1.32 bits per heavy atom. The molecule has 2 aromatic rings. The minimum absolute atomic E-state index is 0.202. The topological polar surface area (TPSA) is 54.0 Å². The fraction of sp³-hybridized carbons (Fsp3) is 0.500. The number of fused-ring (bicyclic) bond motifs is 1. The Balaban J connectivity index is 1.79. The van der Waals surface area contributed by atoms with Crippen LogP contribution in [-0.2, 0) is 0 Å². The van der Waals surface area contributed by atoms with Crippen molar-refractivity contribution in [2.24, 2.45) is 5.41 Å². The second-order valence-corrected chi connectivity index (χ2v) is 6.27. The molecule has 2 aromatic heterocycles. The van der Waals surface area contributed by atoms with Gasteiger partial charge >= 0.3 is 0 Å². The molecule has 0 radical (unpaired) electrons. The van der Waals surface area contributed by atoms with Crippen LogP contribution in [-0.4, -0.2) is 20.4 Å². The van der Waals surface area contributed by atoms with Crippen LogP contribution in [0.15, 0.2) is 29.6 Å². The van der Waals surface area contributed by atoms with E-state index in [4.69, 9.17) is 5.26 Å². The Morgan fingerprint density at radius 3 is 2.95 bits per heavy atom. The molecule has 0 unspecified atom stereocenters. The number of hydrogen-bond donors (Lipinski definition) is 0. The van der Waals surface area contributed by atoms with E-state index in [2.05, 4.69) is 16.3 Å². The number of nitrogens with zero attached hydrogens (tertiary/aromatic N) is 4. The van der Waals surface area contributed by atoms with Crippen molar-refractivity contribution >= 4 is 17.4 Å². The number of unbranched alkanes of at least 4 members (excludes halogenated alkanes) is 1. The lowest BCUT2D eigenvalue weighted by atomic mass is 9.89. The van der Waals surface area contributed by atoms with E-state index < -0.39 is 0 Å². The van der Waals surface area contributed by atoms with Gasteiger partial charge in [-0.2, -0.15) is 5.26 Å². The van der Waals surface area contributed by atoms with Crippen LogP contribution in [0.4, 0.5) is 0 Å². The van der Waals surface area contributed by atoms with Crippen molar-refractivity contribution in [1.29, 1.82) is 5.26 Å². The highest BCUT2D eigenvalue weighted by molar-refractivity contribution is 7.99. The molecule has 0 aliphatic carbocycles. The molecule has 2 rings (SSSR count). The molecular formula is C14H18N4S. The summed E-state index contributed by atoms with van der Waals surface area (Å²) in [7, 11) is 0. The smallest absolute Gasteiger partial charge is 0.195 e. The number of nitriles is 1. The lowest BCUT2D eigenvalue weighted by molar-refractivity contribution is 0.433. The van der Waals surface area contributed by atoms with E-state index in [9.17, 15) is 0 Å². The highest BCUT2D eigenvalue weighted by atomic mass is 32.2. The molecule has 0 aromatic carbocycles. The average Bonchev–Trinajstić information content (AvgIpc) is 2.82. The van der Waals surface area contributed by atoms with Crippen LogP contribution < -0.4 is 0 Å². The van der Waals surface area contributed by atoms with E-state index in [0.717, 1.165) is 35.8 Å². The monoisotopic (exact) mass is 274 g/mol. The van der Waals surface area contributed by atoms with E-state index in [1.807, 2.05) is 42.6 Å². The minimum Gasteiger partial charge on any atom is -0.277 e. The van der Waals surface area contributed by atoms with Gasteiger partial charge in [0.1, 0.15) is 0 Å². The molecule has 0 aliphatic heterocycles. The van der Waals surface area contributed by atoms with Gasteiger partial charge in [0.15, 0.2) is 10.8 Å². The van der Waals surface area contributed by atoms with Gasteiger partial charge in [-0.25, -0.2) is 0 Å². The van der Waals surface area contributed by atoms with Crippen molar-refractivity contribution in [1.82, 2.24) is 14.6 Å². The molecule has 0 bridgehead atoms. The predicted octanol–water partition coefficient (Wildman–Crippen LogP) is 3.54. The van der Waals surface area contributed by atoms with Crippen LogP contribution in [0.2, 0.25) is 0 Å². The molecule has 4 nitrogen and oxygen atoms in total. The van der Waals surface area contributed by atoms with E-state index >= 15 is 0 Å².